The zero-order valence-electron chi connectivity index (χ0n) is 8.91. The maximum absolute atomic E-state index is 11.0. The molecule has 0 heterocycles. The maximum Gasteiger partial charge on any atom is 0.331 e. The summed E-state index contributed by atoms with van der Waals surface area (Å²) in [5, 5.41) is 0. The fraction of sp³-hybridized carbons (Fsp3) is 0.700. The quantitative estimate of drug-likeness (QED) is 0.371. The Morgan fingerprint density at radius 2 is 2.23 bits per heavy atom. The average molecular weight is 185 g/mol. The average Bonchev–Trinajstić information content (AvgIpc) is 2.05. The van der Waals surface area contributed by atoms with Crippen LogP contribution in [0.2, 0.25) is 0 Å². The summed E-state index contributed by atoms with van der Waals surface area (Å²) in [6.45, 7) is 6.69. The molecule has 0 aromatic rings. The van der Waals surface area contributed by atoms with E-state index in [1.54, 1.807) is 13.0 Å². The van der Waals surface area contributed by atoms with Crippen molar-refractivity contribution in [2.75, 3.05) is 13.6 Å². The molecule has 3 heteroatoms. The molecule has 0 fully saturated rings. The Bertz CT molecular complexity index is 178. The molecule has 0 N–H and O–H groups in total. The molecule has 0 aliphatic rings. The van der Waals surface area contributed by atoms with E-state index in [9.17, 15) is 4.79 Å². The first-order valence-electron chi connectivity index (χ1n) is 4.65. The Hall–Kier alpha value is -0.830. The van der Waals surface area contributed by atoms with Crippen LogP contribution in [-0.2, 0) is 9.53 Å². The lowest BCUT2D eigenvalue weighted by atomic mass is 10.4. The van der Waals surface area contributed by atoms with Crippen LogP contribution < -0.4 is 0 Å². The first-order chi connectivity index (χ1) is 6.11. The fourth-order valence-electron chi connectivity index (χ4n) is 0.968. The van der Waals surface area contributed by atoms with Gasteiger partial charge in [-0.15, -0.1) is 0 Å². The summed E-state index contributed by atoms with van der Waals surface area (Å²) in [6, 6.07) is 0. The van der Waals surface area contributed by atoms with E-state index in [-0.39, 0.29) is 12.2 Å². The lowest BCUT2D eigenvalue weighted by Crippen LogP contribution is -2.33. The minimum Gasteiger partial charge on any atom is -0.443 e. The van der Waals surface area contributed by atoms with Gasteiger partial charge in [0.25, 0.3) is 0 Å². The van der Waals surface area contributed by atoms with Crippen LogP contribution in [0.3, 0.4) is 0 Å². The molecule has 3 nitrogen and oxygen atoms in total. The van der Waals surface area contributed by atoms with E-state index in [2.05, 4.69) is 6.92 Å². The largest absolute Gasteiger partial charge is 0.443 e. The van der Waals surface area contributed by atoms with Crippen molar-refractivity contribution in [2.24, 2.45) is 0 Å². The molecule has 0 aromatic carbocycles. The van der Waals surface area contributed by atoms with E-state index >= 15 is 0 Å². The smallest absolute Gasteiger partial charge is 0.331 e. The van der Waals surface area contributed by atoms with E-state index in [0.717, 1.165) is 13.0 Å². The van der Waals surface area contributed by atoms with E-state index < -0.39 is 0 Å². The number of carbonyl (C=O) groups excluding carboxylic acids is 1. The highest BCUT2D eigenvalue weighted by Gasteiger charge is 2.10. The topological polar surface area (TPSA) is 29.5 Å². The SMILES string of the molecule is C/C=C\C(=O)OC(C)N(C)CCC. The minimum absolute atomic E-state index is 0.149. The van der Waals surface area contributed by atoms with Gasteiger partial charge in [-0.05, 0) is 27.3 Å². The molecular formula is C10H19NO2. The van der Waals surface area contributed by atoms with Gasteiger partial charge in [0.2, 0.25) is 0 Å². The van der Waals surface area contributed by atoms with Gasteiger partial charge in [-0.1, -0.05) is 13.0 Å². The van der Waals surface area contributed by atoms with Crippen molar-refractivity contribution in [2.45, 2.75) is 33.4 Å². The second-order valence-electron chi connectivity index (χ2n) is 3.02. The van der Waals surface area contributed by atoms with E-state index in [1.165, 1.54) is 6.08 Å². The third-order valence-electron chi connectivity index (χ3n) is 1.79. The van der Waals surface area contributed by atoms with Gasteiger partial charge in [-0.25, -0.2) is 4.79 Å². The first kappa shape index (κ1) is 12.2. The Morgan fingerprint density at radius 3 is 2.69 bits per heavy atom. The minimum atomic E-state index is -0.280. The second-order valence-corrected chi connectivity index (χ2v) is 3.02. The third-order valence-corrected chi connectivity index (χ3v) is 1.79. The van der Waals surface area contributed by atoms with Gasteiger partial charge in [0, 0.05) is 12.6 Å². The van der Waals surface area contributed by atoms with E-state index in [4.69, 9.17) is 4.74 Å². The summed E-state index contributed by atoms with van der Waals surface area (Å²) >= 11 is 0. The van der Waals surface area contributed by atoms with Gasteiger partial charge in [-0.3, -0.25) is 4.90 Å². The maximum atomic E-state index is 11.0. The standard InChI is InChI=1S/C10H19NO2/c1-5-7-10(12)13-9(3)11(4)8-6-2/h5,7,9H,6,8H2,1-4H3/b7-5-. The summed E-state index contributed by atoms with van der Waals surface area (Å²) in [6.07, 6.45) is 4.01. The highest BCUT2D eigenvalue weighted by molar-refractivity contribution is 5.81. The predicted octanol–water partition coefficient (Wildman–Crippen LogP) is 1.79. The zero-order chi connectivity index (χ0) is 10.3. The van der Waals surface area contributed by atoms with Crippen molar-refractivity contribution >= 4 is 5.97 Å². The van der Waals surface area contributed by atoms with Crippen LogP contribution in [0, 0.1) is 0 Å². The Kier molecular flexibility index (Phi) is 6.24. The number of nitrogens with zero attached hydrogens (tertiary/aromatic N) is 1. The van der Waals surface area contributed by atoms with Crippen LogP contribution in [-0.4, -0.2) is 30.7 Å². The summed E-state index contributed by atoms with van der Waals surface area (Å²) < 4.78 is 5.11. The molecule has 13 heavy (non-hydrogen) atoms. The highest BCUT2D eigenvalue weighted by atomic mass is 16.6. The second kappa shape index (κ2) is 6.66. The lowest BCUT2D eigenvalue weighted by Gasteiger charge is -2.23. The van der Waals surface area contributed by atoms with Crippen LogP contribution in [0.4, 0.5) is 0 Å². The van der Waals surface area contributed by atoms with Crippen molar-refractivity contribution in [3.05, 3.63) is 12.2 Å². The van der Waals surface area contributed by atoms with E-state index in [1.807, 2.05) is 18.9 Å². The van der Waals surface area contributed by atoms with Crippen LogP contribution in [0.25, 0.3) is 0 Å². The van der Waals surface area contributed by atoms with E-state index in [0.29, 0.717) is 0 Å². The van der Waals surface area contributed by atoms with Crippen molar-refractivity contribution < 1.29 is 9.53 Å². The normalized spacial score (nSPS) is 13.6. The number of allylic oxidation sites excluding steroid dienone is 1. The summed E-state index contributed by atoms with van der Waals surface area (Å²) in [5.74, 6) is -0.280. The number of rotatable bonds is 5. The molecule has 1 atom stereocenters. The summed E-state index contributed by atoms with van der Waals surface area (Å²) in [7, 11) is 1.94. The zero-order valence-corrected chi connectivity index (χ0v) is 8.91. The highest BCUT2D eigenvalue weighted by Crippen LogP contribution is 1.99. The number of hydrogen-bond acceptors (Lipinski definition) is 3. The molecule has 0 rings (SSSR count). The summed E-state index contributed by atoms with van der Waals surface area (Å²) in [4.78, 5) is 13.0. The van der Waals surface area contributed by atoms with Crippen LogP contribution in [0.15, 0.2) is 12.2 Å². The van der Waals surface area contributed by atoms with Crippen LogP contribution in [0.5, 0.6) is 0 Å². The van der Waals surface area contributed by atoms with Crippen molar-refractivity contribution in [1.29, 1.82) is 0 Å². The number of hydrogen-bond donors (Lipinski definition) is 0. The molecule has 0 bridgehead atoms. The molecule has 1 unspecified atom stereocenters. The molecule has 0 aliphatic carbocycles. The Morgan fingerprint density at radius 1 is 1.62 bits per heavy atom. The monoisotopic (exact) mass is 185 g/mol. The first-order valence-corrected chi connectivity index (χ1v) is 4.65. The number of ether oxygens (including phenoxy) is 1. The Labute approximate surface area is 80.4 Å². The fourth-order valence-corrected chi connectivity index (χ4v) is 0.968. The van der Waals surface area contributed by atoms with Crippen LogP contribution in [0.1, 0.15) is 27.2 Å². The lowest BCUT2D eigenvalue weighted by molar-refractivity contribution is -0.150. The van der Waals surface area contributed by atoms with Crippen molar-refractivity contribution in [1.82, 2.24) is 4.90 Å². The molecule has 76 valence electrons. The van der Waals surface area contributed by atoms with Gasteiger partial charge in [0.05, 0.1) is 0 Å². The summed E-state index contributed by atoms with van der Waals surface area (Å²) in [5.41, 5.74) is 0. The van der Waals surface area contributed by atoms with Gasteiger partial charge in [0.15, 0.2) is 6.23 Å². The molecule has 0 saturated carbocycles. The molecule has 0 spiro atoms. The molecular weight excluding hydrogens is 166 g/mol. The van der Waals surface area contributed by atoms with Gasteiger partial charge in [-0.2, -0.15) is 0 Å². The molecule has 0 amide bonds. The van der Waals surface area contributed by atoms with Gasteiger partial charge < -0.3 is 4.74 Å². The predicted molar refractivity (Wildman–Crippen MR) is 53.3 cm³/mol. The van der Waals surface area contributed by atoms with Crippen molar-refractivity contribution in [3.63, 3.8) is 0 Å². The van der Waals surface area contributed by atoms with Gasteiger partial charge >= 0.3 is 5.97 Å². The van der Waals surface area contributed by atoms with Crippen molar-refractivity contribution in [3.8, 4) is 0 Å². The number of esters is 1. The molecule has 0 saturated heterocycles. The van der Waals surface area contributed by atoms with Crippen LogP contribution >= 0.6 is 0 Å². The third kappa shape index (κ3) is 5.42. The Balaban J connectivity index is 3.84. The van der Waals surface area contributed by atoms with Gasteiger partial charge in [0.1, 0.15) is 0 Å². The molecule has 0 radical (unpaired) electrons. The molecule has 0 aliphatic heterocycles. The number of carbonyl (C=O) groups is 1. The molecule has 0 aromatic heterocycles.